The third-order valence-electron chi connectivity index (χ3n) is 4.37. The number of aromatic nitrogens is 2. The first kappa shape index (κ1) is 16.8. The van der Waals surface area contributed by atoms with Gasteiger partial charge in [0.1, 0.15) is 4.90 Å². The van der Waals surface area contributed by atoms with Crippen molar-refractivity contribution in [1.29, 1.82) is 0 Å². The molecule has 0 saturated carbocycles. The number of rotatable bonds is 5. The first-order chi connectivity index (χ1) is 9.78. The monoisotopic (exact) mass is 333 g/mol. The van der Waals surface area contributed by atoms with Crippen molar-refractivity contribution >= 4 is 21.6 Å². The molecule has 2 heterocycles. The summed E-state index contributed by atoms with van der Waals surface area (Å²) in [6.07, 6.45) is 0.779. The molecule has 2 rings (SSSR count). The maximum atomic E-state index is 12.9. The van der Waals surface area contributed by atoms with E-state index in [0.29, 0.717) is 53.6 Å². The first-order valence-corrected chi connectivity index (χ1v) is 9.36. The van der Waals surface area contributed by atoms with Crippen LogP contribution in [0.15, 0.2) is 4.90 Å². The van der Waals surface area contributed by atoms with Gasteiger partial charge in [-0.2, -0.15) is 9.40 Å². The van der Waals surface area contributed by atoms with Crippen molar-refractivity contribution in [3.8, 4) is 0 Å². The predicted molar refractivity (Wildman–Crippen MR) is 84.1 cm³/mol. The maximum Gasteiger partial charge on any atom is 0.246 e. The third-order valence-corrected chi connectivity index (χ3v) is 6.72. The Morgan fingerprint density at radius 3 is 2.33 bits per heavy atom. The average molecular weight is 334 g/mol. The minimum Gasteiger partial charge on any atom is -0.268 e. The van der Waals surface area contributed by atoms with Crippen LogP contribution in [0.4, 0.5) is 0 Å². The summed E-state index contributed by atoms with van der Waals surface area (Å²) in [5.74, 6) is 1.33. The standard InChI is InChI=1S/C14H24ClN3O2S/c1-10-8-17(9-11(10)2)21(19,20)14-12(3)16-18(13(14)4)7-5-6-15/h10-11H,5-9H2,1-4H3. The molecule has 1 aromatic rings. The second-order valence-electron chi connectivity index (χ2n) is 6.04. The number of sulfonamides is 1. The molecule has 120 valence electrons. The summed E-state index contributed by atoms with van der Waals surface area (Å²) in [5, 5.41) is 4.38. The second kappa shape index (κ2) is 6.26. The van der Waals surface area contributed by atoms with Crippen LogP contribution in [0.1, 0.15) is 31.7 Å². The van der Waals surface area contributed by atoms with E-state index < -0.39 is 10.0 Å². The minimum atomic E-state index is -3.45. The van der Waals surface area contributed by atoms with Crippen molar-refractivity contribution < 1.29 is 8.42 Å². The molecule has 21 heavy (non-hydrogen) atoms. The van der Waals surface area contributed by atoms with Crippen LogP contribution in [-0.4, -0.2) is 41.5 Å². The molecule has 5 nitrogen and oxygen atoms in total. The van der Waals surface area contributed by atoms with Gasteiger partial charge in [-0.15, -0.1) is 11.6 Å². The zero-order valence-corrected chi connectivity index (χ0v) is 14.7. The van der Waals surface area contributed by atoms with E-state index in [9.17, 15) is 8.42 Å². The van der Waals surface area contributed by atoms with E-state index in [1.54, 1.807) is 15.9 Å². The summed E-state index contributed by atoms with van der Waals surface area (Å²) in [6.45, 7) is 9.63. The Balaban J connectivity index is 2.35. The molecule has 1 aliphatic rings. The molecular weight excluding hydrogens is 310 g/mol. The van der Waals surface area contributed by atoms with E-state index in [1.807, 2.05) is 6.92 Å². The fraction of sp³-hybridized carbons (Fsp3) is 0.786. The summed E-state index contributed by atoms with van der Waals surface area (Å²) in [6, 6.07) is 0. The SMILES string of the molecule is Cc1nn(CCCCl)c(C)c1S(=O)(=O)N1CC(C)C(C)C1. The normalized spacial score (nSPS) is 23.9. The molecule has 0 spiro atoms. The molecule has 2 unspecified atom stereocenters. The molecule has 0 aliphatic carbocycles. The lowest BCUT2D eigenvalue weighted by Gasteiger charge is -2.16. The molecule has 0 N–H and O–H groups in total. The van der Waals surface area contributed by atoms with E-state index in [-0.39, 0.29) is 0 Å². The Morgan fingerprint density at radius 2 is 1.81 bits per heavy atom. The van der Waals surface area contributed by atoms with Crippen molar-refractivity contribution in [3.63, 3.8) is 0 Å². The molecule has 1 saturated heterocycles. The molecule has 1 fully saturated rings. The van der Waals surface area contributed by atoms with Crippen LogP contribution in [0.2, 0.25) is 0 Å². The van der Waals surface area contributed by atoms with E-state index in [0.717, 1.165) is 6.42 Å². The summed E-state index contributed by atoms with van der Waals surface area (Å²) in [7, 11) is -3.45. The van der Waals surface area contributed by atoms with Crippen molar-refractivity contribution in [2.24, 2.45) is 11.8 Å². The van der Waals surface area contributed by atoms with Gasteiger partial charge in [0.15, 0.2) is 0 Å². The predicted octanol–water partition coefficient (Wildman–Crippen LogP) is 2.41. The lowest BCUT2D eigenvalue weighted by atomic mass is 10.0. The Labute approximate surface area is 132 Å². The van der Waals surface area contributed by atoms with Gasteiger partial charge in [0.05, 0.1) is 11.4 Å². The van der Waals surface area contributed by atoms with E-state index in [2.05, 4.69) is 18.9 Å². The summed E-state index contributed by atoms with van der Waals surface area (Å²) >= 11 is 5.71. The molecule has 0 amide bonds. The summed E-state index contributed by atoms with van der Waals surface area (Å²) < 4.78 is 29.2. The van der Waals surface area contributed by atoms with Crippen LogP contribution in [-0.2, 0) is 16.6 Å². The van der Waals surface area contributed by atoms with Gasteiger partial charge in [-0.1, -0.05) is 13.8 Å². The van der Waals surface area contributed by atoms with Gasteiger partial charge in [-0.3, -0.25) is 4.68 Å². The topological polar surface area (TPSA) is 55.2 Å². The van der Waals surface area contributed by atoms with Gasteiger partial charge in [-0.05, 0) is 32.1 Å². The van der Waals surface area contributed by atoms with Gasteiger partial charge >= 0.3 is 0 Å². The third kappa shape index (κ3) is 3.12. The van der Waals surface area contributed by atoms with E-state index >= 15 is 0 Å². The zero-order valence-electron chi connectivity index (χ0n) is 13.1. The van der Waals surface area contributed by atoms with Crippen LogP contribution in [0.3, 0.4) is 0 Å². The fourth-order valence-electron chi connectivity index (χ4n) is 2.88. The largest absolute Gasteiger partial charge is 0.268 e. The summed E-state index contributed by atoms with van der Waals surface area (Å²) in [5.41, 5.74) is 1.29. The zero-order chi connectivity index (χ0) is 15.8. The Morgan fingerprint density at radius 1 is 1.24 bits per heavy atom. The Kier molecular flexibility index (Phi) is 5.00. The van der Waals surface area contributed by atoms with E-state index in [4.69, 9.17) is 11.6 Å². The molecule has 2 atom stereocenters. The van der Waals surface area contributed by atoms with Crippen LogP contribution in [0.25, 0.3) is 0 Å². The lowest BCUT2D eigenvalue weighted by molar-refractivity contribution is 0.462. The van der Waals surface area contributed by atoms with Crippen molar-refractivity contribution in [1.82, 2.24) is 14.1 Å². The van der Waals surface area contributed by atoms with Crippen molar-refractivity contribution in [2.75, 3.05) is 19.0 Å². The molecular formula is C14H24ClN3O2S. The van der Waals surface area contributed by atoms with Crippen LogP contribution >= 0.6 is 11.6 Å². The van der Waals surface area contributed by atoms with Gasteiger partial charge in [0, 0.05) is 25.5 Å². The van der Waals surface area contributed by atoms with Gasteiger partial charge in [0.2, 0.25) is 10.0 Å². The second-order valence-corrected chi connectivity index (χ2v) is 8.29. The highest BCUT2D eigenvalue weighted by Crippen LogP contribution is 2.30. The van der Waals surface area contributed by atoms with Crippen LogP contribution in [0.5, 0.6) is 0 Å². The quantitative estimate of drug-likeness (QED) is 0.777. The number of halogens is 1. The molecule has 1 aliphatic heterocycles. The molecule has 0 aromatic carbocycles. The first-order valence-electron chi connectivity index (χ1n) is 7.39. The number of hydrogen-bond donors (Lipinski definition) is 0. The van der Waals surface area contributed by atoms with Gasteiger partial charge < -0.3 is 0 Å². The molecule has 0 radical (unpaired) electrons. The molecule has 7 heteroatoms. The van der Waals surface area contributed by atoms with Crippen molar-refractivity contribution in [2.45, 2.75) is 45.6 Å². The highest BCUT2D eigenvalue weighted by Gasteiger charge is 2.37. The highest BCUT2D eigenvalue weighted by atomic mass is 35.5. The maximum absolute atomic E-state index is 12.9. The van der Waals surface area contributed by atoms with E-state index in [1.165, 1.54) is 0 Å². The van der Waals surface area contributed by atoms with Gasteiger partial charge in [0.25, 0.3) is 0 Å². The Bertz CT molecular complexity index is 602. The van der Waals surface area contributed by atoms with Crippen LogP contribution < -0.4 is 0 Å². The lowest BCUT2D eigenvalue weighted by Crippen LogP contribution is -2.30. The smallest absolute Gasteiger partial charge is 0.246 e. The van der Waals surface area contributed by atoms with Crippen LogP contribution in [0, 0.1) is 25.7 Å². The average Bonchev–Trinajstić information content (AvgIpc) is 2.88. The summed E-state index contributed by atoms with van der Waals surface area (Å²) in [4.78, 5) is 0.373. The number of hydrogen-bond acceptors (Lipinski definition) is 3. The fourth-order valence-corrected chi connectivity index (χ4v) is 5.02. The number of nitrogens with zero attached hydrogens (tertiary/aromatic N) is 3. The van der Waals surface area contributed by atoms with Crippen molar-refractivity contribution in [3.05, 3.63) is 11.4 Å². The Hall–Kier alpha value is -0.590. The molecule has 1 aromatic heterocycles. The number of aryl methyl sites for hydroxylation is 2. The van der Waals surface area contributed by atoms with Gasteiger partial charge in [-0.25, -0.2) is 8.42 Å². The molecule has 0 bridgehead atoms. The minimum absolute atomic E-state index is 0.373. The number of alkyl halides is 1. The highest BCUT2D eigenvalue weighted by molar-refractivity contribution is 7.89.